The van der Waals surface area contributed by atoms with Gasteiger partial charge in [0.2, 0.25) is 0 Å². The second-order valence-electron chi connectivity index (χ2n) is 3.89. The molecule has 0 saturated carbocycles. The molecule has 92 valence electrons. The minimum atomic E-state index is -0.153. The maximum absolute atomic E-state index is 6.55. The van der Waals surface area contributed by atoms with Crippen LogP contribution < -0.4 is 0 Å². The summed E-state index contributed by atoms with van der Waals surface area (Å²) in [5.74, 6) is 1.85. The van der Waals surface area contributed by atoms with Gasteiger partial charge < -0.3 is 4.42 Å². The topological polar surface area (TPSA) is 13.1 Å². The second kappa shape index (κ2) is 5.08. The van der Waals surface area contributed by atoms with Crippen LogP contribution in [0.15, 0.2) is 18.7 Å². The van der Waals surface area contributed by atoms with Crippen molar-refractivity contribution < 1.29 is 4.42 Å². The first-order chi connectivity index (χ1) is 7.91. The van der Waals surface area contributed by atoms with Crippen molar-refractivity contribution in [2.75, 3.05) is 0 Å². The minimum absolute atomic E-state index is 0.153. The summed E-state index contributed by atoms with van der Waals surface area (Å²) in [6.07, 6.45) is 0. The van der Waals surface area contributed by atoms with Gasteiger partial charge in [-0.05, 0) is 64.3 Å². The lowest BCUT2D eigenvalue weighted by Gasteiger charge is -2.07. The molecule has 17 heavy (non-hydrogen) atoms. The van der Waals surface area contributed by atoms with Gasteiger partial charge in [-0.25, -0.2) is 0 Å². The number of hydrogen-bond donors (Lipinski definition) is 0. The zero-order valence-electron chi connectivity index (χ0n) is 9.61. The van der Waals surface area contributed by atoms with Gasteiger partial charge in [0.05, 0.1) is 9.16 Å². The molecule has 0 aliphatic heterocycles. The van der Waals surface area contributed by atoms with E-state index in [9.17, 15) is 0 Å². The first kappa shape index (κ1) is 13.7. The number of hydrogen-bond acceptors (Lipinski definition) is 2. The molecule has 0 radical (unpaired) electrons. The van der Waals surface area contributed by atoms with Gasteiger partial charge in [-0.1, -0.05) is 0 Å². The molecule has 0 spiro atoms. The zero-order valence-corrected chi connectivity index (χ0v) is 14.3. The normalized spacial score (nSPS) is 13.1. The first-order valence-electron chi connectivity index (χ1n) is 5.07. The fourth-order valence-electron chi connectivity index (χ4n) is 1.81. The van der Waals surface area contributed by atoms with Gasteiger partial charge in [-0.2, -0.15) is 0 Å². The van der Waals surface area contributed by atoms with Gasteiger partial charge >= 0.3 is 0 Å². The van der Waals surface area contributed by atoms with Crippen LogP contribution in [0.25, 0.3) is 0 Å². The summed E-state index contributed by atoms with van der Waals surface area (Å²) in [6, 6.07) is 2.05. The fraction of sp³-hybridized carbons (Fsp3) is 0.333. The van der Waals surface area contributed by atoms with Crippen molar-refractivity contribution >= 4 is 54.8 Å². The van der Waals surface area contributed by atoms with Crippen molar-refractivity contribution in [2.45, 2.75) is 26.1 Å². The fourth-order valence-corrected chi connectivity index (χ4v) is 4.41. The number of furan rings is 1. The van der Waals surface area contributed by atoms with E-state index in [1.807, 2.05) is 26.8 Å². The third kappa shape index (κ3) is 2.50. The molecule has 0 saturated heterocycles. The molecule has 0 bridgehead atoms. The van der Waals surface area contributed by atoms with Crippen molar-refractivity contribution in [3.63, 3.8) is 0 Å². The van der Waals surface area contributed by atoms with Gasteiger partial charge in [0.15, 0.2) is 0 Å². The Bertz CT molecular complexity index is 540. The van der Waals surface area contributed by atoms with E-state index in [1.54, 1.807) is 11.3 Å². The minimum Gasteiger partial charge on any atom is -0.466 e. The Balaban J connectivity index is 2.46. The third-order valence-corrected chi connectivity index (χ3v) is 6.69. The Morgan fingerprint density at radius 1 is 1.24 bits per heavy atom. The van der Waals surface area contributed by atoms with Crippen LogP contribution in [0.4, 0.5) is 0 Å². The Morgan fingerprint density at radius 2 is 1.88 bits per heavy atom. The molecule has 5 heteroatoms. The lowest BCUT2D eigenvalue weighted by atomic mass is 10.1. The van der Waals surface area contributed by atoms with E-state index >= 15 is 0 Å². The van der Waals surface area contributed by atoms with Gasteiger partial charge in [0.1, 0.15) is 11.5 Å². The molecule has 0 fully saturated rings. The van der Waals surface area contributed by atoms with E-state index in [-0.39, 0.29) is 5.38 Å². The molecule has 0 aliphatic rings. The number of rotatable bonds is 2. The Morgan fingerprint density at radius 3 is 2.29 bits per heavy atom. The molecule has 0 amide bonds. The zero-order chi connectivity index (χ0) is 12.7. The van der Waals surface area contributed by atoms with Crippen LogP contribution in [0.3, 0.4) is 0 Å². The average molecular weight is 399 g/mol. The Kier molecular flexibility index (Phi) is 4.08. The van der Waals surface area contributed by atoms with Crippen molar-refractivity contribution in [2.24, 2.45) is 0 Å². The van der Waals surface area contributed by atoms with Crippen molar-refractivity contribution in [1.29, 1.82) is 0 Å². The number of aryl methyl sites for hydroxylation is 2. The molecular weight excluding hydrogens is 387 g/mol. The van der Waals surface area contributed by atoms with Crippen LogP contribution >= 0.6 is 54.8 Å². The van der Waals surface area contributed by atoms with Gasteiger partial charge in [0.25, 0.3) is 0 Å². The number of alkyl halides is 1. The summed E-state index contributed by atoms with van der Waals surface area (Å²) in [5, 5.41) is -0.153. The summed E-state index contributed by atoms with van der Waals surface area (Å²) in [5.41, 5.74) is 2.23. The van der Waals surface area contributed by atoms with Crippen LogP contribution in [0, 0.1) is 20.8 Å². The van der Waals surface area contributed by atoms with Crippen LogP contribution in [0.5, 0.6) is 0 Å². The van der Waals surface area contributed by atoms with Crippen LogP contribution in [-0.4, -0.2) is 0 Å². The summed E-state index contributed by atoms with van der Waals surface area (Å²) in [6.45, 7) is 5.98. The molecule has 2 rings (SSSR count). The predicted octanol–water partition coefficient (Wildman–Crippen LogP) is 6.12. The van der Waals surface area contributed by atoms with E-state index in [0.29, 0.717) is 0 Å². The molecule has 0 aliphatic carbocycles. The average Bonchev–Trinajstić information content (AvgIpc) is 2.70. The van der Waals surface area contributed by atoms with E-state index in [2.05, 4.69) is 31.9 Å². The van der Waals surface area contributed by atoms with Crippen molar-refractivity contribution in [1.82, 2.24) is 0 Å². The molecule has 2 aromatic rings. The lowest BCUT2D eigenvalue weighted by molar-refractivity contribution is 0.500. The van der Waals surface area contributed by atoms with Crippen LogP contribution in [0.2, 0.25) is 0 Å². The summed E-state index contributed by atoms with van der Waals surface area (Å²) in [4.78, 5) is 1.11. The van der Waals surface area contributed by atoms with Crippen LogP contribution in [0.1, 0.15) is 32.9 Å². The summed E-state index contributed by atoms with van der Waals surface area (Å²) < 4.78 is 7.73. The summed E-state index contributed by atoms with van der Waals surface area (Å²) >= 11 is 15.2. The highest BCUT2D eigenvalue weighted by Crippen LogP contribution is 2.43. The molecule has 1 nitrogen and oxygen atoms in total. The van der Waals surface area contributed by atoms with Crippen molar-refractivity contribution in [3.05, 3.63) is 41.9 Å². The van der Waals surface area contributed by atoms with E-state index < -0.39 is 0 Å². The van der Waals surface area contributed by atoms with E-state index in [1.165, 1.54) is 0 Å². The third-order valence-electron chi connectivity index (χ3n) is 2.79. The first-order valence-corrected chi connectivity index (χ1v) is 7.91. The Labute approximate surface area is 126 Å². The smallest absolute Gasteiger partial charge is 0.106 e. The molecular formula is C12H11Br2ClOS. The number of thiophene rings is 1. The molecule has 0 aromatic carbocycles. The quantitative estimate of drug-likeness (QED) is 0.556. The standard InChI is InChI=1S/C12H11Br2ClOS/c1-5-6(2)16-7(3)10(5)11(15)9-4-8(13)12(14)17-9/h4,11H,1-3H3. The highest BCUT2D eigenvalue weighted by molar-refractivity contribution is 9.13. The lowest BCUT2D eigenvalue weighted by Crippen LogP contribution is -1.93. The molecule has 1 atom stereocenters. The highest BCUT2D eigenvalue weighted by atomic mass is 79.9. The largest absolute Gasteiger partial charge is 0.466 e. The molecule has 0 N–H and O–H groups in total. The summed E-state index contributed by atoms with van der Waals surface area (Å²) in [7, 11) is 0. The van der Waals surface area contributed by atoms with E-state index in [0.717, 1.165) is 35.8 Å². The predicted molar refractivity (Wildman–Crippen MR) is 80.3 cm³/mol. The maximum Gasteiger partial charge on any atom is 0.106 e. The maximum atomic E-state index is 6.55. The van der Waals surface area contributed by atoms with Gasteiger partial charge in [0, 0.05) is 14.9 Å². The van der Waals surface area contributed by atoms with Crippen LogP contribution in [-0.2, 0) is 0 Å². The van der Waals surface area contributed by atoms with E-state index in [4.69, 9.17) is 16.0 Å². The molecule has 1 unspecified atom stereocenters. The van der Waals surface area contributed by atoms with Crippen molar-refractivity contribution in [3.8, 4) is 0 Å². The highest BCUT2D eigenvalue weighted by Gasteiger charge is 2.22. The Hall–Kier alpha value is 0.230. The van der Waals surface area contributed by atoms with Gasteiger partial charge in [-0.15, -0.1) is 22.9 Å². The molecule has 2 heterocycles. The monoisotopic (exact) mass is 396 g/mol. The second-order valence-corrected chi connectivity index (χ2v) is 7.58. The van der Waals surface area contributed by atoms with Gasteiger partial charge in [-0.3, -0.25) is 0 Å². The SMILES string of the molecule is Cc1oc(C)c(C(Cl)c2cc(Br)c(Br)s2)c1C. The molecule has 2 aromatic heterocycles. The number of halogens is 3.